The van der Waals surface area contributed by atoms with Crippen molar-refractivity contribution in [1.29, 1.82) is 0 Å². The highest BCUT2D eigenvalue weighted by Crippen LogP contribution is 2.39. The van der Waals surface area contributed by atoms with Crippen LogP contribution >= 0.6 is 0 Å². The number of hydrogen-bond acceptors (Lipinski definition) is 4. The number of amides is 1. The predicted octanol–water partition coefficient (Wildman–Crippen LogP) is 3.50. The highest BCUT2D eigenvalue weighted by molar-refractivity contribution is 5.81. The van der Waals surface area contributed by atoms with Gasteiger partial charge in [0.1, 0.15) is 0 Å². The monoisotopic (exact) mass is 437 g/mol. The van der Waals surface area contributed by atoms with Gasteiger partial charge in [-0.25, -0.2) is 0 Å². The van der Waals surface area contributed by atoms with E-state index in [0.717, 1.165) is 50.7 Å². The molecular weight excluding hydrogens is 398 g/mol. The third-order valence-electron chi connectivity index (χ3n) is 9.24. The Labute approximate surface area is 192 Å². The van der Waals surface area contributed by atoms with Crippen molar-refractivity contribution in [2.75, 3.05) is 33.3 Å². The lowest BCUT2D eigenvalue weighted by atomic mass is 9.82. The number of hydrogen-bond donors (Lipinski definition) is 1. The number of nitrogens with one attached hydrogen (secondary N) is 1. The molecule has 3 heterocycles. The molecule has 5 fully saturated rings. The number of nitrogens with zero attached hydrogens (tertiary/aromatic N) is 2. The Hall–Kier alpha value is -1.43. The molecule has 0 radical (unpaired) electrons. The Balaban J connectivity index is 1.10. The van der Waals surface area contributed by atoms with Crippen LogP contribution in [0.1, 0.15) is 74.3 Å². The summed E-state index contributed by atoms with van der Waals surface area (Å²) in [6, 6.07) is 11.1. The van der Waals surface area contributed by atoms with Crippen molar-refractivity contribution in [3.8, 4) is 0 Å². The Morgan fingerprint density at radius 2 is 1.59 bits per heavy atom. The average molecular weight is 438 g/mol. The van der Waals surface area contributed by atoms with Crippen LogP contribution in [0, 0.1) is 5.92 Å². The molecule has 1 aromatic carbocycles. The second-order valence-electron chi connectivity index (χ2n) is 11.1. The van der Waals surface area contributed by atoms with Gasteiger partial charge in [-0.15, -0.1) is 0 Å². The van der Waals surface area contributed by atoms with Gasteiger partial charge in [-0.2, -0.15) is 0 Å². The summed E-state index contributed by atoms with van der Waals surface area (Å²) in [5.74, 6) is 1.64. The molecule has 0 spiro atoms. The molecule has 6 rings (SSSR count). The van der Waals surface area contributed by atoms with E-state index in [4.69, 9.17) is 4.74 Å². The number of methoxy groups -OCH3 is 1. The Morgan fingerprint density at radius 3 is 2.28 bits per heavy atom. The highest BCUT2D eigenvalue weighted by Gasteiger charge is 2.45. The fraction of sp³-hybridized carbons (Fsp3) is 0.741. The van der Waals surface area contributed by atoms with Gasteiger partial charge in [0.05, 0.1) is 12.0 Å². The van der Waals surface area contributed by atoms with E-state index in [9.17, 15) is 4.79 Å². The van der Waals surface area contributed by atoms with Crippen LogP contribution in [0.15, 0.2) is 24.3 Å². The maximum absolute atomic E-state index is 13.5. The highest BCUT2D eigenvalue weighted by atomic mass is 16.5. The van der Waals surface area contributed by atoms with Gasteiger partial charge in [-0.3, -0.25) is 4.79 Å². The van der Waals surface area contributed by atoms with E-state index in [1.165, 1.54) is 49.9 Å². The van der Waals surface area contributed by atoms with Crippen molar-refractivity contribution in [1.82, 2.24) is 15.1 Å². The second kappa shape index (κ2) is 8.73. The number of carbonyl (C=O) groups is 1. The van der Waals surface area contributed by atoms with Crippen LogP contribution in [0.25, 0.3) is 0 Å². The fourth-order valence-electron chi connectivity index (χ4n) is 7.06. The molecule has 1 N–H and O–H groups in total. The van der Waals surface area contributed by atoms with Crippen molar-refractivity contribution < 1.29 is 9.53 Å². The van der Waals surface area contributed by atoms with E-state index in [0.29, 0.717) is 23.9 Å². The average Bonchev–Trinajstić information content (AvgIpc) is 3.63. The number of fused-ring (bicyclic) bond motifs is 2. The number of rotatable bonds is 4. The molecule has 5 nitrogen and oxygen atoms in total. The van der Waals surface area contributed by atoms with Gasteiger partial charge in [-0.05, 0) is 81.5 Å². The minimum atomic E-state index is 0.0846. The third kappa shape index (κ3) is 4.01. The zero-order chi connectivity index (χ0) is 21.7. The first kappa shape index (κ1) is 21.1. The molecule has 5 aliphatic rings. The van der Waals surface area contributed by atoms with Crippen molar-refractivity contribution in [2.24, 2.45) is 5.92 Å². The number of benzene rings is 1. The summed E-state index contributed by atoms with van der Waals surface area (Å²) in [4.78, 5) is 18.4. The molecule has 4 unspecified atom stereocenters. The zero-order valence-corrected chi connectivity index (χ0v) is 19.5. The molecule has 5 heteroatoms. The van der Waals surface area contributed by atoms with Crippen LogP contribution < -0.4 is 5.32 Å². The summed E-state index contributed by atoms with van der Waals surface area (Å²) in [5, 5.41) is 3.75. The van der Waals surface area contributed by atoms with E-state index in [1.807, 2.05) is 0 Å². The maximum Gasteiger partial charge on any atom is 0.227 e. The number of ether oxygens (including phenoxy) is 1. The molecule has 1 amide bonds. The van der Waals surface area contributed by atoms with Gasteiger partial charge < -0.3 is 19.9 Å². The largest absolute Gasteiger partial charge is 0.381 e. The normalized spacial score (nSPS) is 36.6. The van der Waals surface area contributed by atoms with Crippen LogP contribution in [0.5, 0.6) is 0 Å². The van der Waals surface area contributed by atoms with Gasteiger partial charge in [0, 0.05) is 44.2 Å². The second-order valence-corrected chi connectivity index (χ2v) is 11.1. The maximum atomic E-state index is 13.5. The van der Waals surface area contributed by atoms with Crippen molar-refractivity contribution in [2.45, 2.75) is 87.4 Å². The lowest BCUT2D eigenvalue weighted by molar-refractivity contribution is -0.138. The Bertz CT molecular complexity index is 815. The molecule has 0 bridgehead atoms. The fourth-order valence-corrected chi connectivity index (χ4v) is 7.06. The summed E-state index contributed by atoms with van der Waals surface area (Å²) in [5.41, 5.74) is 2.94. The SMILES string of the molecule is COC1CCC2NC[C@@H]3CC(c4ccc(C5CCN(C6CC6)CC5)cc4)CN3C(=O)C2C1. The zero-order valence-electron chi connectivity index (χ0n) is 19.5. The van der Waals surface area contributed by atoms with Gasteiger partial charge in [0.25, 0.3) is 0 Å². The molecule has 2 aliphatic carbocycles. The summed E-state index contributed by atoms with van der Waals surface area (Å²) < 4.78 is 5.61. The molecule has 5 atom stereocenters. The lowest BCUT2D eigenvalue weighted by Gasteiger charge is -2.34. The molecule has 1 aromatic rings. The number of likely N-dealkylation sites (tertiary alicyclic amines) is 1. The van der Waals surface area contributed by atoms with Crippen molar-refractivity contribution in [3.05, 3.63) is 35.4 Å². The van der Waals surface area contributed by atoms with Crippen LogP contribution in [0.3, 0.4) is 0 Å². The van der Waals surface area contributed by atoms with Crippen LogP contribution in [0.2, 0.25) is 0 Å². The smallest absolute Gasteiger partial charge is 0.227 e. The van der Waals surface area contributed by atoms with Crippen LogP contribution in [-0.2, 0) is 9.53 Å². The summed E-state index contributed by atoms with van der Waals surface area (Å²) in [7, 11) is 1.79. The van der Waals surface area contributed by atoms with Gasteiger partial charge >= 0.3 is 0 Å². The number of piperidine rings is 1. The Kier molecular flexibility index (Phi) is 5.77. The van der Waals surface area contributed by atoms with Crippen LogP contribution in [-0.4, -0.2) is 73.2 Å². The molecule has 3 saturated heterocycles. The minimum absolute atomic E-state index is 0.0846. The first-order valence-corrected chi connectivity index (χ1v) is 13.1. The molecule has 0 aromatic heterocycles. The third-order valence-corrected chi connectivity index (χ3v) is 9.24. The lowest BCUT2D eigenvalue weighted by Crippen LogP contribution is -2.46. The first-order valence-electron chi connectivity index (χ1n) is 13.1. The molecule has 2 saturated carbocycles. The summed E-state index contributed by atoms with van der Waals surface area (Å²) >= 11 is 0. The molecule has 3 aliphatic heterocycles. The van der Waals surface area contributed by atoms with Gasteiger partial charge in [0.2, 0.25) is 5.91 Å². The van der Waals surface area contributed by atoms with E-state index in [-0.39, 0.29) is 12.0 Å². The summed E-state index contributed by atoms with van der Waals surface area (Å²) in [6.07, 6.45) is 9.77. The predicted molar refractivity (Wildman–Crippen MR) is 126 cm³/mol. The van der Waals surface area contributed by atoms with Gasteiger partial charge in [0.15, 0.2) is 0 Å². The van der Waals surface area contributed by atoms with Crippen molar-refractivity contribution in [3.63, 3.8) is 0 Å². The minimum Gasteiger partial charge on any atom is -0.381 e. The van der Waals surface area contributed by atoms with Crippen LogP contribution in [0.4, 0.5) is 0 Å². The van der Waals surface area contributed by atoms with E-state index < -0.39 is 0 Å². The standard InChI is InChI=1S/C27H39N3O2/c1-32-24-8-9-26-25(15-24)27(31)30-17-21(14-23(30)16-28-26)19-4-2-18(3-5-19)20-10-12-29(13-11-20)22-6-7-22/h2-5,20-26,28H,6-17H2,1H3/t21?,23-,24?,25?,26?/m0/s1. The van der Waals surface area contributed by atoms with E-state index in [1.54, 1.807) is 7.11 Å². The quantitative estimate of drug-likeness (QED) is 0.783. The molecule has 174 valence electrons. The number of carbonyl (C=O) groups excluding carboxylic acids is 1. The van der Waals surface area contributed by atoms with Gasteiger partial charge in [-0.1, -0.05) is 24.3 Å². The first-order chi connectivity index (χ1) is 15.7. The summed E-state index contributed by atoms with van der Waals surface area (Å²) in [6.45, 7) is 4.37. The Morgan fingerprint density at radius 1 is 0.875 bits per heavy atom. The van der Waals surface area contributed by atoms with E-state index in [2.05, 4.69) is 39.4 Å². The molecular formula is C27H39N3O2. The van der Waals surface area contributed by atoms with Crippen molar-refractivity contribution >= 4 is 5.91 Å². The van der Waals surface area contributed by atoms with E-state index >= 15 is 0 Å². The molecule has 32 heavy (non-hydrogen) atoms. The topological polar surface area (TPSA) is 44.8 Å².